The molecule has 1 atom stereocenters. The Labute approximate surface area is 64.1 Å². The van der Waals surface area contributed by atoms with Crippen molar-refractivity contribution in [2.24, 2.45) is 0 Å². The predicted octanol–water partition coefficient (Wildman–Crippen LogP) is 2.77. The van der Waals surface area contributed by atoms with Gasteiger partial charge in [0.1, 0.15) is 0 Å². The maximum absolute atomic E-state index is 5.62. The van der Waals surface area contributed by atoms with Gasteiger partial charge < -0.3 is 4.74 Å². The normalized spacial score (nSPS) is 14.8. The Bertz CT molecular complexity index is 99.8. The highest BCUT2D eigenvalue weighted by Gasteiger charge is 2.14. The van der Waals surface area contributed by atoms with Crippen molar-refractivity contribution < 1.29 is 4.74 Å². The summed E-state index contributed by atoms with van der Waals surface area (Å²) in [6.07, 6.45) is 3.06. The number of rotatable bonds is 3. The van der Waals surface area contributed by atoms with Gasteiger partial charge in [0.05, 0.1) is 11.7 Å². The fourth-order valence-electron chi connectivity index (χ4n) is 0.752. The van der Waals surface area contributed by atoms with Crippen molar-refractivity contribution in [1.29, 1.82) is 0 Å². The lowest BCUT2D eigenvalue weighted by molar-refractivity contribution is -0.0388. The van der Waals surface area contributed by atoms with Gasteiger partial charge in [0.2, 0.25) is 0 Å². The Morgan fingerprint density at radius 3 is 2.10 bits per heavy atom. The van der Waals surface area contributed by atoms with Crippen LogP contribution in [0.2, 0.25) is 0 Å². The van der Waals surface area contributed by atoms with Crippen molar-refractivity contribution >= 4 is 0 Å². The van der Waals surface area contributed by atoms with Crippen molar-refractivity contribution in [3.8, 4) is 0 Å². The second-order valence-electron chi connectivity index (χ2n) is 3.41. The first-order valence-corrected chi connectivity index (χ1v) is 3.80. The molecule has 60 valence electrons. The zero-order chi connectivity index (χ0) is 8.20. The second-order valence-corrected chi connectivity index (χ2v) is 3.41. The summed E-state index contributed by atoms with van der Waals surface area (Å²) in [6.45, 7) is 12.0. The number of ether oxygens (including phenoxy) is 1. The van der Waals surface area contributed by atoms with Crippen LogP contribution in [0.15, 0.2) is 12.7 Å². The first kappa shape index (κ1) is 9.70. The molecule has 0 N–H and O–H groups in total. The maximum atomic E-state index is 5.62. The SMILES string of the molecule is C=CC(CC)OC(C)(C)C. The van der Waals surface area contributed by atoms with E-state index in [1.165, 1.54) is 0 Å². The fraction of sp³-hybridized carbons (Fsp3) is 0.778. The van der Waals surface area contributed by atoms with Gasteiger partial charge in [-0.15, -0.1) is 6.58 Å². The monoisotopic (exact) mass is 142 g/mol. The molecule has 0 spiro atoms. The van der Waals surface area contributed by atoms with Crippen molar-refractivity contribution in [1.82, 2.24) is 0 Å². The summed E-state index contributed by atoms with van der Waals surface area (Å²) >= 11 is 0. The molecule has 0 bridgehead atoms. The summed E-state index contributed by atoms with van der Waals surface area (Å²) in [5.41, 5.74) is -0.0468. The van der Waals surface area contributed by atoms with E-state index in [0.29, 0.717) is 0 Å². The van der Waals surface area contributed by atoms with Gasteiger partial charge in [0, 0.05) is 0 Å². The van der Waals surface area contributed by atoms with Crippen LogP contribution in [-0.2, 0) is 4.74 Å². The van der Waals surface area contributed by atoms with Gasteiger partial charge >= 0.3 is 0 Å². The minimum atomic E-state index is -0.0468. The Balaban J connectivity index is 3.74. The maximum Gasteiger partial charge on any atom is 0.0757 e. The summed E-state index contributed by atoms with van der Waals surface area (Å²) < 4.78 is 5.62. The second kappa shape index (κ2) is 3.77. The van der Waals surface area contributed by atoms with E-state index >= 15 is 0 Å². The standard InChI is InChI=1S/C9H18O/c1-6-8(7-2)10-9(3,4)5/h6,8H,1,7H2,2-5H3. The van der Waals surface area contributed by atoms with Gasteiger partial charge in [-0.3, -0.25) is 0 Å². The quantitative estimate of drug-likeness (QED) is 0.550. The molecule has 0 aliphatic heterocycles. The van der Waals surface area contributed by atoms with E-state index in [9.17, 15) is 0 Å². The molecule has 0 aromatic carbocycles. The molecule has 0 aliphatic rings. The molecular weight excluding hydrogens is 124 g/mol. The number of hydrogen-bond acceptors (Lipinski definition) is 1. The third kappa shape index (κ3) is 4.57. The van der Waals surface area contributed by atoms with Gasteiger partial charge in [-0.25, -0.2) is 0 Å². The highest BCUT2D eigenvalue weighted by molar-refractivity contribution is 4.80. The smallest absolute Gasteiger partial charge is 0.0757 e. The van der Waals surface area contributed by atoms with E-state index in [-0.39, 0.29) is 11.7 Å². The Hall–Kier alpha value is -0.300. The van der Waals surface area contributed by atoms with Crippen molar-refractivity contribution in [2.75, 3.05) is 0 Å². The summed E-state index contributed by atoms with van der Waals surface area (Å²) in [6, 6.07) is 0. The van der Waals surface area contributed by atoms with Crippen molar-refractivity contribution in [3.05, 3.63) is 12.7 Å². The zero-order valence-corrected chi connectivity index (χ0v) is 7.48. The largest absolute Gasteiger partial charge is 0.369 e. The summed E-state index contributed by atoms with van der Waals surface area (Å²) in [7, 11) is 0. The minimum Gasteiger partial charge on any atom is -0.369 e. The van der Waals surface area contributed by atoms with Gasteiger partial charge in [0.25, 0.3) is 0 Å². The van der Waals surface area contributed by atoms with Crippen LogP contribution in [0.1, 0.15) is 34.1 Å². The lowest BCUT2D eigenvalue weighted by atomic mass is 10.1. The van der Waals surface area contributed by atoms with Crippen molar-refractivity contribution in [3.63, 3.8) is 0 Å². The van der Waals surface area contributed by atoms with Crippen LogP contribution in [-0.4, -0.2) is 11.7 Å². The highest BCUT2D eigenvalue weighted by Crippen LogP contribution is 2.12. The topological polar surface area (TPSA) is 9.23 Å². The van der Waals surface area contributed by atoms with E-state index in [1.54, 1.807) is 0 Å². The molecule has 0 amide bonds. The zero-order valence-electron chi connectivity index (χ0n) is 7.48. The van der Waals surface area contributed by atoms with Crippen LogP contribution in [0.4, 0.5) is 0 Å². The van der Waals surface area contributed by atoms with Gasteiger partial charge in [-0.05, 0) is 27.2 Å². The average Bonchev–Trinajstić information content (AvgIpc) is 1.81. The van der Waals surface area contributed by atoms with Crippen LogP contribution in [0.25, 0.3) is 0 Å². The lowest BCUT2D eigenvalue weighted by Crippen LogP contribution is -2.25. The summed E-state index contributed by atoms with van der Waals surface area (Å²) in [4.78, 5) is 0. The van der Waals surface area contributed by atoms with Crippen molar-refractivity contribution in [2.45, 2.75) is 45.8 Å². The molecule has 0 saturated heterocycles. The Morgan fingerprint density at radius 2 is 2.00 bits per heavy atom. The Morgan fingerprint density at radius 1 is 1.50 bits per heavy atom. The van der Waals surface area contributed by atoms with E-state index in [0.717, 1.165) is 6.42 Å². The van der Waals surface area contributed by atoms with Gasteiger partial charge in [-0.1, -0.05) is 13.0 Å². The molecule has 1 unspecified atom stereocenters. The Kier molecular flexibility index (Phi) is 3.66. The third-order valence-corrected chi connectivity index (χ3v) is 1.17. The van der Waals surface area contributed by atoms with E-state index in [1.807, 2.05) is 6.08 Å². The van der Waals surface area contributed by atoms with Crippen LogP contribution in [0, 0.1) is 0 Å². The predicted molar refractivity (Wildman–Crippen MR) is 45.1 cm³/mol. The summed E-state index contributed by atoms with van der Waals surface area (Å²) in [5, 5.41) is 0. The molecule has 1 heteroatoms. The summed E-state index contributed by atoms with van der Waals surface area (Å²) in [5.74, 6) is 0. The van der Waals surface area contributed by atoms with Crippen LogP contribution in [0.5, 0.6) is 0 Å². The molecule has 10 heavy (non-hydrogen) atoms. The first-order valence-electron chi connectivity index (χ1n) is 3.80. The number of hydrogen-bond donors (Lipinski definition) is 0. The molecule has 0 aliphatic carbocycles. The average molecular weight is 142 g/mol. The molecule has 0 heterocycles. The van der Waals surface area contributed by atoms with E-state index in [4.69, 9.17) is 4.74 Å². The molecule has 0 aromatic rings. The minimum absolute atomic E-state index is 0.0468. The lowest BCUT2D eigenvalue weighted by Gasteiger charge is -2.24. The first-order chi connectivity index (χ1) is 4.49. The molecule has 0 fully saturated rings. The highest BCUT2D eigenvalue weighted by atomic mass is 16.5. The van der Waals surface area contributed by atoms with Crippen LogP contribution >= 0.6 is 0 Å². The molecule has 0 rings (SSSR count). The molecule has 0 aromatic heterocycles. The van der Waals surface area contributed by atoms with Crippen LogP contribution in [0.3, 0.4) is 0 Å². The fourth-order valence-corrected chi connectivity index (χ4v) is 0.752. The third-order valence-electron chi connectivity index (χ3n) is 1.17. The van der Waals surface area contributed by atoms with Gasteiger partial charge in [-0.2, -0.15) is 0 Å². The van der Waals surface area contributed by atoms with Crippen LogP contribution < -0.4 is 0 Å². The molecule has 0 radical (unpaired) electrons. The van der Waals surface area contributed by atoms with E-state index < -0.39 is 0 Å². The van der Waals surface area contributed by atoms with Gasteiger partial charge in [0.15, 0.2) is 0 Å². The molecular formula is C9H18O. The van der Waals surface area contributed by atoms with E-state index in [2.05, 4.69) is 34.3 Å². The molecule has 1 nitrogen and oxygen atoms in total. The molecule has 0 saturated carbocycles.